The van der Waals surface area contributed by atoms with Gasteiger partial charge in [-0.25, -0.2) is 0 Å². The van der Waals surface area contributed by atoms with Gasteiger partial charge in [-0.3, -0.25) is 9.63 Å². The molecule has 2 aromatic carbocycles. The van der Waals surface area contributed by atoms with Crippen molar-refractivity contribution in [1.82, 2.24) is 4.84 Å². The van der Waals surface area contributed by atoms with Gasteiger partial charge in [-0.15, -0.1) is 0 Å². The average Bonchev–Trinajstić information content (AvgIpc) is 2.47. The highest BCUT2D eigenvalue weighted by Gasteiger charge is 2.19. The number of benzene rings is 2. The van der Waals surface area contributed by atoms with Crippen LogP contribution in [0.3, 0.4) is 0 Å². The molecule has 0 aliphatic rings. The number of aliphatic hydroxyl groups excluding tert-OH is 1. The number of aliphatic hydroxyl groups is 1. The molecule has 1 amide bonds. The van der Waals surface area contributed by atoms with Gasteiger partial charge in [0.1, 0.15) is 0 Å². The maximum absolute atomic E-state index is 11.4. The molecule has 0 aliphatic carbocycles. The van der Waals surface area contributed by atoms with E-state index in [0.717, 1.165) is 11.1 Å². The number of carbonyl (C=O) groups excluding carboxylic acids is 1. The summed E-state index contributed by atoms with van der Waals surface area (Å²) in [5.41, 5.74) is 2.60. The van der Waals surface area contributed by atoms with E-state index in [2.05, 4.69) is 0 Å². The van der Waals surface area contributed by atoms with E-state index in [-0.39, 0.29) is 0 Å². The minimum atomic E-state index is -1.25. The number of hydrogen-bond donors (Lipinski definition) is 2. The van der Waals surface area contributed by atoms with E-state index in [9.17, 15) is 9.90 Å². The minimum Gasteiger partial charge on any atom is -0.378 e. The lowest BCUT2D eigenvalue weighted by Gasteiger charge is -2.13. The molecule has 98 valence electrons. The lowest BCUT2D eigenvalue weighted by atomic mass is 9.96. The van der Waals surface area contributed by atoms with E-state index >= 15 is 0 Å². The minimum absolute atomic E-state index is 0.574. The molecule has 3 nitrogen and oxygen atoms in total. The van der Waals surface area contributed by atoms with Gasteiger partial charge in [-0.05, 0) is 23.1 Å². The quantitative estimate of drug-likeness (QED) is 0.843. The highest BCUT2D eigenvalue weighted by Crippen LogP contribution is 2.21. The summed E-state index contributed by atoms with van der Waals surface area (Å²) < 4.78 is 0. The van der Waals surface area contributed by atoms with Crippen LogP contribution in [0, 0.1) is 0 Å². The third kappa shape index (κ3) is 3.34. The standard InChI is InChI=1S/C15H14ClNO2/c16-17-15(19)14(18)13-9-5-4-8-12(13)10-11-6-2-1-3-7-11/h1-9,14,18H,10H2,(H,17,19). The SMILES string of the molecule is O=C(NCl)C(O)c1ccccc1Cc1ccccc1. The van der Waals surface area contributed by atoms with Crippen LogP contribution in [0.2, 0.25) is 0 Å². The fourth-order valence-corrected chi connectivity index (χ4v) is 2.07. The molecule has 1 atom stereocenters. The zero-order chi connectivity index (χ0) is 13.7. The van der Waals surface area contributed by atoms with Gasteiger partial charge in [0.15, 0.2) is 6.10 Å². The van der Waals surface area contributed by atoms with Crippen molar-refractivity contribution in [2.75, 3.05) is 0 Å². The first-order valence-electron chi connectivity index (χ1n) is 5.92. The second kappa shape index (κ2) is 6.36. The summed E-state index contributed by atoms with van der Waals surface area (Å²) in [5.74, 6) is -0.623. The van der Waals surface area contributed by atoms with Gasteiger partial charge in [0.2, 0.25) is 0 Å². The molecule has 2 aromatic rings. The fraction of sp³-hybridized carbons (Fsp3) is 0.133. The third-order valence-corrected chi connectivity index (χ3v) is 3.11. The molecule has 0 spiro atoms. The van der Waals surface area contributed by atoms with Gasteiger partial charge >= 0.3 is 0 Å². The molecular weight excluding hydrogens is 262 g/mol. The molecular formula is C15H14ClNO2. The Morgan fingerprint density at radius 1 is 1.11 bits per heavy atom. The molecule has 0 bridgehead atoms. The monoisotopic (exact) mass is 275 g/mol. The number of hydrogen-bond acceptors (Lipinski definition) is 2. The Hall–Kier alpha value is -1.84. The number of amides is 1. The molecule has 0 fully saturated rings. The fourth-order valence-electron chi connectivity index (χ4n) is 1.97. The molecule has 0 saturated heterocycles. The molecule has 0 heterocycles. The van der Waals surface area contributed by atoms with E-state index in [1.165, 1.54) is 0 Å². The van der Waals surface area contributed by atoms with Crippen LogP contribution in [-0.2, 0) is 11.2 Å². The smallest absolute Gasteiger partial charge is 0.267 e. The van der Waals surface area contributed by atoms with Crippen molar-refractivity contribution in [2.45, 2.75) is 12.5 Å². The summed E-state index contributed by atoms with van der Waals surface area (Å²) in [4.78, 5) is 13.4. The van der Waals surface area contributed by atoms with Gasteiger partial charge < -0.3 is 5.11 Å². The summed E-state index contributed by atoms with van der Waals surface area (Å²) in [6, 6.07) is 17.2. The summed E-state index contributed by atoms with van der Waals surface area (Å²) in [6.07, 6.45) is -0.596. The normalized spacial score (nSPS) is 11.9. The van der Waals surface area contributed by atoms with Crippen molar-refractivity contribution in [3.05, 3.63) is 71.3 Å². The largest absolute Gasteiger partial charge is 0.378 e. The summed E-state index contributed by atoms with van der Waals surface area (Å²) in [5, 5.41) is 9.95. The molecule has 0 aromatic heterocycles. The lowest BCUT2D eigenvalue weighted by Crippen LogP contribution is -2.22. The van der Waals surface area contributed by atoms with Crippen molar-refractivity contribution < 1.29 is 9.90 Å². The molecule has 0 aliphatic heterocycles. The van der Waals surface area contributed by atoms with Gasteiger partial charge in [-0.1, -0.05) is 54.6 Å². The zero-order valence-electron chi connectivity index (χ0n) is 10.2. The molecule has 4 heteroatoms. The Morgan fingerprint density at radius 2 is 1.74 bits per heavy atom. The van der Waals surface area contributed by atoms with E-state index in [4.69, 9.17) is 11.8 Å². The van der Waals surface area contributed by atoms with Crippen LogP contribution in [0.1, 0.15) is 22.8 Å². The maximum Gasteiger partial charge on any atom is 0.267 e. The molecule has 19 heavy (non-hydrogen) atoms. The second-order valence-electron chi connectivity index (χ2n) is 4.22. The van der Waals surface area contributed by atoms with Gasteiger partial charge in [0, 0.05) is 11.8 Å². The zero-order valence-corrected chi connectivity index (χ0v) is 11.0. The van der Waals surface area contributed by atoms with Crippen LogP contribution in [0.25, 0.3) is 0 Å². The van der Waals surface area contributed by atoms with E-state index < -0.39 is 12.0 Å². The molecule has 2 N–H and O–H groups in total. The van der Waals surface area contributed by atoms with Gasteiger partial charge in [0.05, 0.1) is 0 Å². The topological polar surface area (TPSA) is 49.3 Å². The van der Waals surface area contributed by atoms with Crippen molar-refractivity contribution in [3.63, 3.8) is 0 Å². The summed E-state index contributed by atoms with van der Waals surface area (Å²) in [7, 11) is 0. The van der Waals surface area contributed by atoms with Crippen LogP contribution in [0.5, 0.6) is 0 Å². The maximum atomic E-state index is 11.4. The van der Waals surface area contributed by atoms with Gasteiger partial charge in [0.25, 0.3) is 5.91 Å². The van der Waals surface area contributed by atoms with Crippen LogP contribution in [-0.4, -0.2) is 11.0 Å². The molecule has 1 unspecified atom stereocenters. The highest BCUT2D eigenvalue weighted by atomic mass is 35.5. The molecule has 0 radical (unpaired) electrons. The van der Waals surface area contributed by atoms with Crippen LogP contribution < -0.4 is 4.84 Å². The van der Waals surface area contributed by atoms with E-state index in [0.29, 0.717) is 12.0 Å². The van der Waals surface area contributed by atoms with Crippen LogP contribution >= 0.6 is 11.8 Å². The Kier molecular flexibility index (Phi) is 4.55. The number of carbonyl (C=O) groups is 1. The summed E-state index contributed by atoms with van der Waals surface area (Å²) in [6.45, 7) is 0. The Bertz CT molecular complexity index is 557. The van der Waals surface area contributed by atoms with Crippen molar-refractivity contribution in [3.8, 4) is 0 Å². The first kappa shape index (κ1) is 13.6. The van der Waals surface area contributed by atoms with Crippen molar-refractivity contribution in [2.24, 2.45) is 0 Å². The van der Waals surface area contributed by atoms with Crippen molar-refractivity contribution >= 4 is 17.7 Å². The third-order valence-electron chi connectivity index (χ3n) is 2.93. The summed E-state index contributed by atoms with van der Waals surface area (Å²) >= 11 is 5.25. The van der Waals surface area contributed by atoms with E-state index in [1.807, 2.05) is 47.3 Å². The Balaban J connectivity index is 2.29. The van der Waals surface area contributed by atoms with Crippen molar-refractivity contribution in [1.29, 1.82) is 0 Å². The highest BCUT2D eigenvalue weighted by molar-refractivity contribution is 6.22. The number of nitrogens with one attached hydrogen (secondary N) is 1. The molecule has 0 saturated carbocycles. The predicted octanol–water partition coefficient (Wildman–Crippen LogP) is 2.58. The number of halogens is 1. The predicted molar refractivity (Wildman–Crippen MR) is 74.6 cm³/mol. The lowest BCUT2D eigenvalue weighted by molar-refractivity contribution is -0.127. The first-order valence-corrected chi connectivity index (χ1v) is 6.30. The van der Waals surface area contributed by atoms with Crippen LogP contribution in [0.15, 0.2) is 54.6 Å². The Labute approximate surface area is 117 Å². The second-order valence-corrected chi connectivity index (χ2v) is 4.41. The van der Waals surface area contributed by atoms with Crippen LogP contribution in [0.4, 0.5) is 0 Å². The average molecular weight is 276 g/mol. The Morgan fingerprint density at radius 3 is 2.42 bits per heavy atom. The first-order chi connectivity index (χ1) is 9.22. The van der Waals surface area contributed by atoms with Gasteiger partial charge in [-0.2, -0.15) is 0 Å². The molecule has 2 rings (SSSR count). The number of rotatable bonds is 4. The van der Waals surface area contributed by atoms with E-state index in [1.54, 1.807) is 12.1 Å².